The second kappa shape index (κ2) is 8.14. The summed E-state index contributed by atoms with van der Waals surface area (Å²) in [4.78, 5) is 22.3. The van der Waals surface area contributed by atoms with Crippen molar-refractivity contribution >= 4 is 11.6 Å². The lowest BCUT2D eigenvalue weighted by Gasteiger charge is -2.14. The van der Waals surface area contributed by atoms with Crippen molar-refractivity contribution in [3.63, 3.8) is 0 Å². The molecule has 7 nitrogen and oxygen atoms in total. The summed E-state index contributed by atoms with van der Waals surface area (Å²) >= 11 is 0. The molecule has 0 aliphatic heterocycles. The Morgan fingerprint density at radius 1 is 1.16 bits per heavy atom. The Labute approximate surface area is 145 Å². The zero-order valence-corrected chi connectivity index (χ0v) is 14.3. The van der Waals surface area contributed by atoms with Crippen molar-refractivity contribution in [1.29, 1.82) is 0 Å². The van der Waals surface area contributed by atoms with Gasteiger partial charge in [0.25, 0.3) is 11.6 Å². The van der Waals surface area contributed by atoms with E-state index in [-0.39, 0.29) is 17.7 Å². The Morgan fingerprint density at radius 2 is 1.84 bits per heavy atom. The molecule has 2 aromatic carbocycles. The van der Waals surface area contributed by atoms with Gasteiger partial charge in [-0.25, -0.2) is 0 Å². The summed E-state index contributed by atoms with van der Waals surface area (Å²) in [6, 6.07) is 10.9. The molecular weight excluding hydrogens is 324 g/mol. The molecule has 0 radical (unpaired) electrons. The number of non-ortho nitro benzene ring substituents is 1. The highest BCUT2D eigenvalue weighted by Crippen LogP contribution is 2.29. The van der Waals surface area contributed by atoms with E-state index in [4.69, 9.17) is 9.47 Å². The summed E-state index contributed by atoms with van der Waals surface area (Å²) in [5, 5.41) is 13.4. The van der Waals surface area contributed by atoms with Gasteiger partial charge in [-0.2, -0.15) is 0 Å². The van der Waals surface area contributed by atoms with Crippen LogP contribution >= 0.6 is 0 Å². The molecule has 0 aliphatic rings. The minimum Gasteiger partial charge on any atom is -0.493 e. The molecule has 0 heterocycles. The van der Waals surface area contributed by atoms with E-state index in [9.17, 15) is 14.9 Å². The number of carbonyl (C=O) groups excluding carboxylic acids is 1. The third kappa shape index (κ3) is 4.94. The predicted octanol–water partition coefficient (Wildman–Crippen LogP) is 3.32. The molecular formula is C18H20N2O5. The molecule has 0 atom stereocenters. The van der Waals surface area contributed by atoms with Crippen LogP contribution in [0.2, 0.25) is 0 Å². The predicted molar refractivity (Wildman–Crippen MR) is 93.0 cm³/mol. The van der Waals surface area contributed by atoms with Gasteiger partial charge in [0.15, 0.2) is 11.5 Å². The molecule has 7 heteroatoms. The first-order chi connectivity index (χ1) is 11.9. The second-order valence-electron chi connectivity index (χ2n) is 5.64. The number of nitrogens with zero attached hydrogens (tertiary/aromatic N) is 1. The Hall–Kier alpha value is -3.09. The maximum Gasteiger partial charge on any atom is 0.269 e. The van der Waals surface area contributed by atoms with Crippen LogP contribution in [0.3, 0.4) is 0 Å². The van der Waals surface area contributed by atoms with Crippen LogP contribution in [0.1, 0.15) is 29.8 Å². The van der Waals surface area contributed by atoms with Crippen LogP contribution < -0.4 is 14.8 Å². The number of amides is 1. The van der Waals surface area contributed by atoms with Crippen molar-refractivity contribution in [1.82, 2.24) is 5.32 Å². The van der Waals surface area contributed by atoms with E-state index < -0.39 is 4.92 Å². The van der Waals surface area contributed by atoms with Gasteiger partial charge in [0.05, 0.1) is 18.1 Å². The highest BCUT2D eigenvalue weighted by molar-refractivity contribution is 5.94. The van der Waals surface area contributed by atoms with Crippen molar-refractivity contribution in [2.24, 2.45) is 0 Å². The molecule has 25 heavy (non-hydrogen) atoms. The normalized spacial score (nSPS) is 10.4. The van der Waals surface area contributed by atoms with E-state index in [2.05, 4.69) is 5.32 Å². The van der Waals surface area contributed by atoms with E-state index in [0.717, 1.165) is 5.56 Å². The van der Waals surface area contributed by atoms with Gasteiger partial charge in [0.2, 0.25) is 0 Å². The molecule has 0 spiro atoms. The number of methoxy groups -OCH3 is 1. The minimum atomic E-state index is -0.505. The van der Waals surface area contributed by atoms with Gasteiger partial charge >= 0.3 is 0 Å². The number of ether oxygens (including phenoxy) is 2. The molecule has 0 fully saturated rings. The van der Waals surface area contributed by atoms with Gasteiger partial charge in [-0.15, -0.1) is 0 Å². The third-order valence-electron chi connectivity index (χ3n) is 3.38. The van der Waals surface area contributed by atoms with Gasteiger partial charge in [-0.1, -0.05) is 6.07 Å². The number of hydrogen-bond donors (Lipinski definition) is 1. The van der Waals surface area contributed by atoms with E-state index >= 15 is 0 Å². The Bertz CT molecular complexity index is 757. The van der Waals surface area contributed by atoms with Gasteiger partial charge in [-0.05, 0) is 43.7 Å². The van der Waals surface area contributed by atoms with E-state index in [1.54, 1.807) is 19.2 Å². The molecule has 1 N–H and O–H groups in total. The van der Waals surface area contributed by atoms with Crippen molar-refractivity contribution < 1.29 is 19.2 Å². The number of benzene rings is 2. The zero-order chi connectivity index (χ0) is 18.4. The minimum absolute atomic E-state index is 0.0293. The number of nitro groups is 1. The summed E-state index contributed by atoms with van der Waals surface area (Å²) in [6.45, 7) is 4.16. The lowest BCUT2D eigenvalue weighted by Crippen LogP contribution is -2.22. The first-order valence-corrected chi connectivity index (χ1v) is 7.77. The van der Waals surface area contributed by atoms with Gasteiger partial charge < -0.3 is 14.8 Å². The van der Waals surface area contributed by atoms with E-state index in [0.29, 0.717) is 23.6 Å². The maximum absolute atomic E-state index is 12.1. The number of hydrogen-bond acceptors (Lipinski definition) is 5. The largest absolute Gasteiger partial charge is 0.493 e. The fourth-order valence-electron chi connectivity index (χ4n) is 2.19. The van der Waals surface area contributed by atoms with Gasteiger partial charge in [0, 0.05) is 24.2 Å². The Morgan fingerprint density at radius 3 is 2.40 bits per heavy atom. The molecule has 0 saturated heterocycles. The van der Waals surface area contributed by atoms with E-state index in [1.165, 1.54) is 24.3 Å². The standard InChI is InChI=1S/C18H20N2O5/c1-12(2)25-16-9-4-13(10-17(16)24-3)11-19-18(21)14-5-7-15(8-6-14)20(22)23/h4-10,12H,11H2,1-3H3,(H,19,21). The molecule has 0 unspecified atom stereocenters. The van der Waals surface area contributed by atoms with Crippen molar-refractivity contribution in [2.45, 2.75) is 26.5 Å². The fraction of sp³-hybridized carbons (Fsp3) is 0.278. The quantitative estimate of drug-likeness (QED) is 0.614. The lowest BCUT2D eigenvalue weighted by atomic mass is 10.1. The number of carbonyl (C=O) groups is 1. The Balaban J connectivity index is 2.02. The number of rotatable bonds is 7. The first kappa shape index (κ1) is 18.3. The lowest BCUT2D eigenvalue weighted by molar-refractivity contribution is -0.384. The average molecular weight is 344 g/mol. The average Bonchev–Trinajstić information content (AvgIpc) is 2.60. The Kier molecular flexibility index (Phi) is 5.94. The van der Waals surface area contributed by atoms with Crippen molar-refractivity contribution in [2.75, 3.05) is 7.11 Å². The highest BCUT2D eigenvalue weighted by Gasteiger charge is 2.11. The SMILES string of the molecule is COc1cc(CNC(=O)c2ccc([N+](=O)[O-])cc2)ccc1OC(C)C. The van der Waals surface area contributed by atoms with Gasteiger partial charge in [-0.3, -0.25) is 14.9 Å². The van der Waals surface area contributed by atoms with Crippen LogP contribution in [0, 0.1) is 10.1 Å². The molecule has 0 aromatic heterocycles. The zero-order valence-electron chi connectivity index (χ0n) is 14.3. The number of nitro benzene ring substituents is 1. The maximum atomic E-state index is 12.1. The third-order valence-corrected chi connectivity index (χ3v) is 3.38. The molecule has 2 rings (SSSR count). The molecule has 132 valence electrons. The second-order valence-corrected chi connectivity index (χ2v) is 5.64. The van der Waals surface area contributed by atoms with Crippen molar-refractivity contribution in [3.8, 4) is 11.5 Å². The van der Waals surface area contributed by atoms with Gasteiger partial charge in [0.1, 0.15) is 0 Å². The van der Waals surface area contributed by atoms with Crippen LogP contribution in [0.5, 0.6) is 11.5 Å². The summed E-state index contributed by atoms with van der Waals surface area (Å²) < 4.78 is 11.0. The molecule has 0 saturated carbocycles. The first-order valence-electron chi connectivity index (χ1n) is 7.77. The van der Waals surface area contributed by atoms with Crippen LogP contribution in [0.15, 0.2) is 42.5 Å². The van der Waals surface area contributed by atoms with Crippen LogP contribution in [-0.2, 0) is 6.54 Å². The van der Waals surface area contributed by atoms with Crippen LogP contribution in [0.25, 0.3) is 0 Å². The van der Waals surface area contributed by atoms with Crippen molar-refractivity contribution in [3.05, 3.63) is 63.7 Å². The van der Waals surface area contributed by atoms with Crippen LogP contribution in [0.4, 0.5) is 5.69 Å². The summed E-state index contributed by atoms with van der Waals surface area (Å²) in [5.74, 6) is 0.926. The fourth-order valence-corrected chi connectivity index (χ4v) is 2.19. The highest BCUT2D eigenvalue weighted by atomic mass is 16.6. The summed E-state index contributed by atoms with van der Waals surface area (Å²) in [5.41, 5.74) is 1.16. The van der Waals surface area contributed by atoms with E-state index in [1.807, 2.05) is 19.9 Å². The summed E-state index contributed by atoms with van der Waals surface area (Å²) in [6.07, 6.45) is 0.0293. The van der Waals surface area contributed by atoms with Crippen LogP contribution in [-0.4, -0.2) is 24.0 Å². The topological polar surface area (TPSA) is 90.7 Å². The molecule has 0 aliphatic carbocycles. The molecule has 1 amide bonds. The monoisotopic (exact) mass is 344 g/mol. The molecule has 2 aromatic rings. The smallest absolute Gasteiger partial charge is 0.269 e. The summed E-state index contributed by atoms with van der Waals surface area (Å²) in [7, 11) is 1.56. The number of nitrogens with one attached hydrogen (secondary N) is 1. The molecule has 0 bridgehead atoms.